The molecule has 0 aliphatic heterocycles. The van der Waals surface area contributed by atoms with E-state index in [-0.39, 0.29) is 20.6 Å². The van der Waals surface area contributed by atoms with E-state index >= 15 is 0 Å². The summed E-state index contributed by atoms with van der Waals surface area (Å²) in [6, 6.07) is 7.40. The summed E-state index contributed by atoms with van der Waals surface area (Å²) in [5, 5.41) is 5.98. The topological polar surface area (TPSA) is 24.1 Å². The molecule has 0 fully saturated rings. The van der Waals surface area contributed by atoms with E-state index in [0.29, 0.717) is 38.7 Å². The molecule has 1 atom stereocenters. The highest BCUT2D eigenvalue weighted by Crippen LogP contribution is 2.41. The second-order valence-electron chi connectivity index (χ2n) is 6.55. The summed E-state index contributed by atoms with van der Waals surface area (Å²) < 4.78 is 41.7. The molecule has 0 aliphatic carbocycles. The first kappa shape index (κ1) is 27.3. The van der Waals surface area contributed by atoms with E-state index in [1.165, 1.54) is 18.2 Å². The van der Waals surface area contributed by atoms with Crippen LogP contribution < -0.4 is 10.6 Å². The van der Waals surface area contributed by atoms with Crippen LogP contribution in [0, 0.1) is 0 Å². The lowest BCUT2D eigenvalue weighted by atomic mass is 9.97. The number of hydrogen-bond donors (Lipinski definition) is 2. The lowest BCUT2D eigenvalue weighted by Crippen LogP contribution is -2.35. The summed E-state index contributed by atoms with van der Waals surface area (Å²) in [7, 11) is 0. The summed E-state index contributed by atoms with van der Waals surface area (Å²) >= 11 is 31.7. The lowest BCUT2D eigenvalue weighted by Gasteiger charge is -2.18. The number of allylic oxidation sites excluding steroid dienone is 1. The Hall–Kier alpha value is -0.900. The van der Waals surface area contributed by atoms with Crippen molar-refractivity contribution in [3.63, 3.8) is 0 Å². The predicted molar refractivity (Wildman–Crippen MR) is 139 cm³/mol. The Bertz CT molecular complexity index is 1020. The van der Waals surface area contributed by atoms with Crippen LogP contribution in [0.5, 0.6) is 0 Å². The molecule has 0 amide bonds. The van der Waals surface area contributed by atoms with Gasteiger partial charge in [0.25, 0.3) is 0 Å². The molecule has 1 unspecified atom stereocenters. The van der Waals surface area contributed by atoms with Gasteiger partial charge >= 0.3 is 6.18 Å². The zero-order valence-electron chi connectivity index (χ0n) is 16.5. The molecular weight excluding hydrogens is 588 g/mol. The third-order valence-corrected chi connectivity index (χ3v) is 6.73. The van der Waals surface area contributed by atoms with Crippen molar-refractivity contribution in [2.24, 2.45) is 0 Å². The first-order valence-corrected chi connectivity index (χ1v) is 11.9. The highest BCUT2D eigenvalue weighted by Gasteiger charge is 2.39. The van der Waals surface area contributed by atoms with Gasteiger partial charge in [-0.25, -0.2) is 0 Å². The molecule has 0 saturated carbocycles. The predicted octanol–water partition coefficient (Wildman–Crippen LogP) is 7.97. The van der Waals surface area contributed by atoms with Crippen molar-refractivity contribution >= 4 is 91.2 Å². The van der Waals surface area contributed by atoms with Gasteiger partial charge in [0.15, 0.2) is 0 Å². The third-order valence-electron chi connectivity index (χ3n) is 4.22. The second-order valence-corrected chi connectivity index (χ2v) is 9.50. The number of thiocarbonyl (C=S) groups is 2. The van der Waals surface area contributed by atoms with Crippen molar-refractivity contribution in [1.29, 1.82) is 0 Å². The smallest absolute Gasteiger partial charge is 0.378 e. The molecule has 0 heterocycles. The molecule has 2 nitrogen and oxygen atoms in total. The molecule has 0 aliphatic rings. The summed E-state index contributed by atoms with van der Waals surface area (Å²) in [5.41, 5.74) is 1.14. The Kier molecular flexibility index (Phi) is 10.2. The Labute approximate surface area is 218 Å². The molecule has 2 aromatic rings. The fourth-order valence-corrected chi connectivity index (χ4v) is 4.51. The van der Waals surface area contributed by atoms with Crippen molar-refractivity contribution in [1.82, 2.24) is 10.6 Å². The van der Waals surface area contributed by atoms with Crippen LogP contribution in [0.15, 0.2) is 40.9 Å². The molecule has 32 heavy (non-hydrogen) atoms. The molecule has 2 N–H and O–H groups in total. The van der Waals surface area contributed by atoms with E-state index in [2.05, 4.69) is 26.6 Å². The quantitative estimate of drug-likeness (QED) is 0.247. The van der Waals surface area contributed by atoms with E-state index in [1.807, 2.05) is 6.92 Å². The normalized spacial score (nSPS) is 12.6. The number of halogens is 7. The van der Waals surface area contributed by atoms with Gasteiger partial charge in [-0.2, -0.15) is 13.2 Å². The van der Waals surface area contributed by atoms with Gasteiger partial charge in [-0.1, -0.05) is 99.5 Å². The Morgan fingerprint density at radius 2 is 1.72 bits per heavy atom. The maximum absolute atomic E-state index is 13.7. The van der Waals surface area contributed by atoms with Gasteiger partial charge < -0.3 is 10.6 Å². The molecule has 0 radical (unpaired) electrons. The molecule has 0 aromatic heterocycles. The minimum absolute atomic E-state index is 0.0114. The number of nitrogens with one attached hydrogen (secondary N) is 2. The first-order chi connectivity index (χ1) is 14.9. The molecular formula is C21H17BrCl3F3N2S2. The largest absolute Gasteiger partial charge is 0.399 e. The SMILES string of the molecule is CCNC(=S)CNC(=S)c1ccc(/C=C/C(c2cc(Cl)c(Cl)c(Cl)c2)C(F)(F)F)cc1Br. The van der Waals surface area contributed by atoms with Gasteiger partial charge in [-0.15, -0.1) is 0 Å². The van der Waals surface area contributed by atoms with Crippen molar-refractivity contribution in [3.8, 4) is 0 Å². The summed E-state index contributed by atoms with van der Waals surface area (Å²) in [6.07, 6.45) is -2.13. The van der Waals surface area contributed by atoms with Crippen LogP contribution in [0.1, 0.15) is 29.5 Å². The van der Waals surface area contributed by atoms with Gasteiger partial charge in [0.05, 0.1) is 32.5 Å². The standard InChI is InChI=1S/C21H17BrCl3F3N2S2/c1-2-29-18(31)10-30-20(32)13-5-3-11(7-15(13)22)4-6-14(21(26,27)28)12-8-16(23)19(25)17(24)9-12/h3-9,14H,2,10H2,1H3,(H,29,31)(H,30,32)/b6-4+. The van der Waals surface area contributed by atoms with E-state index in [9.17, 15) is 13.2 Å². The van der Waals surface area contributed by atoms with Gasteiger partial charge in [-0.05, 0) is 36.2 Å². The Morgan fingerprint density at radius 3 is 2.25 bits per heavy atom. The lowest BCUT2D eigenvalue weighted by molar-refractivity contribution is -0.139. The van der Waals surface area contributed by atoms with Crippen LogP contribution in [-0.4, -0.2) is 29.2 Å². The number of benzene rings is 2. The fraction of sp³-hybridized carbons (Fsp3) is 0.238. The molecule has 0 bridgehead atoms. The average Bonchev–Trinajstić information content (AvgIpc) is 2.69. The maximum atomic E-state index is 13.7. The molecule has 11 heteroatoms. The zero-order valence-corrected chi connectivity index (χ0v) is 22.0. The van der Waals surface area contributed by atoms with E-state index in [0.717, 1.165) is 6.08 Å². The highest BCUT2D eigenvalue weighted by molar-refractivity contribution is 9.10. The van der Waals surface area contributed by atoms with Crippen molar-refractivity contribution in [3.05, 3.63) is 72.6 Å². The zero-order chi connectivity index (χ0) is 24.1. The molecule has 2 rings (SSSR count). The summed E-state index contributed by atoms with van der Waals surface area (Å²) in [6.45, 7) is 3.04. The number of rotatable bonds is 7. The van der Waals surface area contributed by atoms with Gasteiger partial charge in [0, 0.05) is 16.6 Å². The van der Waals surface area contributed by atoms with Crippen LogP contribution >= 0.6 is 75.2 Å². The van der Waals surface area contributed by atoms with Crippen LogP contribution in [-0.2, 0) is 0 Å². The van der Waals surface area contributed by atoms with E-state index < -0.39 is 12.1 Å². The average molecular weight is 605 g/mol. The van der Waals surface area contributed by atoms with Gasteiger partial charge in [-0.3, -0.25) is 0 Å². The maximum Gasteiger partial charge on any atom is 0.399 e. The monoisotopic (exact) mass is 602 g/mol. The van der Waals surface area contributed by atoms with Crippen LogP contribution in [0.4, 0.5) is 13.2 Å². The Morgan fingerprint density at radius 1 is 1.09 bits per heavy atom. The fourth-order valence-electron chi connectivity index (χ4n) is 2.71. The highest BCUT2D eigenvalue weighted by atomic mass is 79.9. The van der Waals surface area contributed by atoms with E-state index in [4.69, 9.17) is 59.2 Å². The third kappa shape index (κ3) is 7.57. The molecule has 0 spiro atoms. The van der Waals surface area contributed by atoms with Gasteiger partial charge in [0.1, 0.15) is 4.99 Å². The van der Waals surface area contributed by atoms with E-state index in [1.54, 1.807) is 18.2 Å². The molecule has 2 aromatic carbocycles. The minimum atomic E-state index is -4.55. The number of hydrogen-bond acceptors (Lipinski definition) is 2. The summed E-state index contributed by atoms with van der Waals surface area (Å²) in [4.78, 5) is 1.09. The van der Waals surface area contributed by atoms with Crippen LogP contribution in [0.25, 0.3) is 6.08 Å². The number of likely N-dealkylation sites (N-methyl/N-ethyl adjacent to an activating group) is 1. The van der Waals surface area contributed by atoms with Crippen molar-refractivity contribution in [2.45, 2.75) is 19.0 Å². The molecule has 172 valence electrons. The van der Waals surface area contributed by atoms with Crippen molar-refractivity contribution < 1.29 is 13.2 Å². The second kappa shape index (κ2) is 12.0. The number of alkyl halides is 3. The Balaban J connectivity index is 2.24. The van der Waals surface area contributed by atoms with Gasteiger partial charge in [0.2, 0.25) is 0 Å². The van der Waals surface area contributed by atoms with Crippen molar-refractivity contribution in [2.75, 3.05) is 13.1 Å². The first-order valence-electron chi connectivity index (χ1n) is 9.17. The minimum Gasteiger partial charge on any atom is -0.378 e. The summed E-state index contributed by atoms with van der Waals surface area (Å²) in [5.74, 6) is -1.91. The van der Waals surface area contributed by atoms with Crippen LogP contribution in [0.2, 0.25) is 15.1 Å². The van der Waals surface area contributed by atoms with Crippen LogP contribution in [0.3, 0.4) is 0 Å². The molecule has 0 saturated heterocycles.